The smallest absolute Gasteiger partial charge is 0.320 e. The first-order valence-electron chi connectivity index (χ1n) is 7.06. The van der Waals surface area contributed by atoms with Gasteiger partial charge in [0.25, 0.3) is 0 Å². The number of nitrogens with two attached hydrogens (primary N) is 2. The number of guanidine groups is 1. The molecule has 0 radical (unpaired) electrons. The van der Waals surface area contributed by atoms with E-state index in [9.17, 15) is 9.90 Å². The minimum atomic E-state index is -0.757. The monoisotopic (exact) mass is 270 g/mol. The molecule has 6 nitrogen and oxygen atoms in total. The molecule has 1 aliphatic rings. The lowest BCUT2D eigenvalue weighted by molar-refractivity contribution is -0.143. The van der Waals surface area contributed by atoms with Crippen molar-refractivity contribution in [3.05, 3.63) is 0 Å². The average Bonchev–Trinajstić information content (AvgIpc) is 2.38. The first-order chi connectivity index (χ1) is 9.02. The van der Waals surface area contributed by atoms with Crippen LogP contribution in [0.5, 0.6) is 0 Å². The summed E-state index contributed by atoms with van der Waals surface area (Å²) in [7, 11) is 0. The van der Waals surface area contributed by atoms with E-state index >= 15 is 0 Å². The highest BCUT2D eigenvalue weighted by Crippen LogP contribution is 2.24. The third-order valence-corrected chi connectivity index (χ3v) is 3.77. The maximum atomic E-state index is 11.2. The molecule has 5 N–H and O–H groups in total. The van der Waals surface area contributed by atoms with E-state index in [1.54, 1.807) is 6.92 Å². The summed E-state index contributed by atoms with van der Waals surface area (Å²) in [4.78, 5) is 17.3. The van der Waals surface area contributed by atoms with Crippen LogP contribution in [0.4, 0.5) is 0 Å². The summed E-state index contributed by atoms with van der Waals surface area (Å²) < 4.78 is 0. The molecule has 0 aromatic heterocycles. The van der Waals surface area contributed by atoms with Crippen molar-refractivity contribution in [1.82, 2.24) is 4.90 Å². The summed E-state index contributed by atoms with van der Waals surface area (Å²) in [6, 6.07) is -0.0543. The summed E-state index contributed by atoms with van der Waals surface area (Å²) in [6.45, 7) is 3.05. The molecule has 0 unspecified atom stereocenters. The standard InChI is InChI=1S/C13H26N4O2/c1-10(12(18)19)17(9-5-8-16-13(14)15)11-6-3-2-4-7-11/h10-11H,2-9H2,1H3,(H,18,19)(H4,14,15,16)/t10-/m0/s1. The van der Waals surface area contributed by atoms with Gasteiger partial charge in [-0.2, -0.15) is 0 Å². The van der Waals surface area contributed by atoms with Crippen LogP contribution in [0.15, 0.2) is 4.99 Å². The van der Waals surface area contributed by atoms with Crippen molar-refractivity contribution in [2.24, 2.45) is 16.5 Å². The second-order valence-electron chi connectivity index (χ2n) is 5.20. The molecule has 0 saturated heterocycles. The maximum absolute atomic E-state index is 11.2. The molecule has 0 heterocycles. The van der Waals surface area contributed by atoms with Crippen molar-refractivity contribution < 1.29 is 9.90 Å². The summed E-state index contributed by atoms with van der Waals surface area (Å²) >= 11 is 0. The minimum absolute atomic E-state index is 0.0931. The van der Waals surface area contributed by atoms with Crippen molar-refractivity contribution in [2.75, 3.05) is 13.1 Å². The maximum Gasteiger partial charge on any atom is 0.320 e. The topological polar surface area (TPSA) is 105 Å². The van der Waals surface area contributed by atoms with Crippen molar-refractivity contribution in [3.63, 3.8) is 0 Å². The lowest BCUT2D eigenvalue weighted by Gasteiger charge is -2.36. The van der Waals surface area contributed by atoms with Crippen LogP contribution in [-0.4, -0.2) is 47.1 Å². The van der Waals surface area contributed by atoms with Gasteiger partial charge in [-0.25, -0.2) is 0 Å². The van der Waals surface area contributed by atoms with Crippen molar-refractivity contribution in [2.45, 2.75) is 57.5 Å². The fourth-order valence-corrected chi connectivity index (χ4v) is 2.71. The highest BCUT2D eigenvalue weighted by atomic mass is 16.4. The molecule has 0 amide bonds. The van der Waals surface area contributed by atoms with Crippen LogP contribution in [0.2, 0.25) is 0 Å². The third kappa shape index (κ3) is 5.46. The molecular weight excluding hydrogens is 244 g/mol. The number of nitrogens with zero attached hydrogens (tertiary/aromatic N) is 2. The van der Waals surface area contributed by atoms with Gasteiger partial charge in [-0.05, 0) is 26.2 Å². The number of hydrogen-bond donors (Lipinski definition) is 3. The molecule has 0 aromatic carbocycles. The van der Waals surface area contributed by atoms with Gasteiger partial charge in [-0.15, -0.1) is 0 Å². The van der Waals surface area contributed by atoms with Gasteiger partial charge in [0.15, 0.2) is 5.96 Å². The highest BCUT2D eigenvalue weighted by Gasteiger charge is 2.28. The molecule has 0 aromatic rings. The molecule has 1 fully saturated rings. The Balaban J connectivity index is 2.53. The fraction of sp³-hybridized carbons (Fsp3) is 0.846. The Kier molecular flexibility index (Phi) is 6.62. The summed E-state index contributed by atoms with van der Waals surface area (Å²) in [5.74, 6) is -0.664. The van der Waals surface area contributed by atoms with Crippen molar-refractivity contribution >= 4 is 11.9 Å². The second-order valence-corrected chi connectivity index (χ2v) is 5.20. The van der Waals surface area contributed by atoms with E-state index < -0.39 is 12.0 Å². The molecule has 110 valence electrons. The lowest BCUT2D eigenvalue weighted by Crippen LogP contribution is -2.47. The molecule has 1 aliphatic carbocycles. The largest absolute Gasteiger partial charge is 0.480 e. The van der Waals surface area contributed by atoms with E-state index in [0.29, 0.717) is 12.6 Å². The quantitative estimate of drug-likeness (QED) is 0.360. The number of carbonyl (C=O) groups is 1. The van der Waals surface area contributed by atoms with Crippen LogP contribution in [0.25, 0.3) is 0 Å². The lowest BCUT2D eigenvalue weighted by atomic mass is 9.93. The van der Waals surface area contributed by atoms with Gasteiger partial charge in [0, 0.05) is 19.1 Å². The number of carboxylic acid groups (broad SMARTS) is 1. The van der Waals surface area contributed by atoms with Crippen molar-refractivity contribution in [1.29, 1.82) is 0 Å². The van der Waals surface area contributed by atoms with Gasteiger partial charge in [-0.3, -0.25) is 14.7 Å². The molecule has 1 rings (SSSR count). The van der Waals surface area contributed by atoms with E-state index in [1.807, 2.05) is 0 Å². The molecule has 6 heteroatoms. The molecule has 0 spiro atoms. The molecule has 1 atom stereocenters. The first-order valence-corrected chi connectivity index (χ1v) is 7.06. The Bertz CT molecular complexity index is 310. The Labute approximate surface area is 114 Å². The fourth-order valence-electron chi connectivity index (χ4n) is 2.71. The van der Waals surface area contributed by atoms with Gasteiger partial charge >= 0.3 is 5.97 Å². The number of aliphatic imine (C=N–C) groups is 1. The number of hydrogen-bond acceptors (Lipinski definition) is 3. The van der Waals surface area contributed by atoms with E-state index in [2.05, 4.69) is 9.89 Å². The molecular formula is C13H26N4O2. The Morgan fingerprint density at radius 1 is 1.37 bits per heavy atom. The Morgan fingerprint density at radius 3 is 2.53 bits per heavy atom. The van der Waals surface area contributed by atoms with Crippen LogP contribution in [0, 0.1) is 0 Å². The summed E-state index contributed by atoms with van der Waals surface area (Å²) in [6.07, 6.45) is 6.63. The minimum Gasteiger partial charge on any atom is -0.480 e. The predicted molar refractivity (Wildman–Crippen MR) is 76.0 cm³/mol. The molecule has 0 aliphatic heterocycles. The Hall–Kier alpha value is -1.30. The Morgan fingerprint density at radius 2 is 2.00 bits per heavy atom. The van der Waals surface area contributed by atoms with Gasteiger partial charge < -0.3 is 16.6 Å². The van der Waals surface area contributed by atoms with Crippen LogP contribution >= 0.6 is 0 Å². The first kappa shape index (κ1) is 15.8. The molecule has 19 heavy (non-hydrogen) atoms. The normalized spacial score (nSPS) is 18.2. The zero-order chi connectivity index (χ0) is 14.3. The van der Waals surface area contributed by atoms with Crippen LogP contribution < -0.4 is 11.5 Å². The van der Waals surface area contributed by atoms with Crippen LogP contribution in [0.3, 0.4) is 0 Å². The van der Waals surface area contributed by atoms with Gasteiger partial charge in [0.2, 0.25) is 0 Å². The molecule has 0 bridgehead atoms. The number of aliphatic carboxylic acids is 1. The van der Waals surface area contributed by atoms with E-state index in [0.717, 1.165) is 25.8 Å². The molecule has 1 saturated carbocycles. The average molecular weight is 270 g/mol. The second kappa shape index (κ2) is 7.99. The highest BCUT2D eigenvalue weighted by molar-refractivity contribution is 5.75. The number of rotatable bonds is 7. The zero-order valence-corrected chi connectivity index (χ0v) is 11.7. The summed E-state index contributed by atoms with van der Waals surface area (Å²) in [5, 5.41) is 9.22. The summed E-state index contributed by atoms with van der Waals surface area (Å²) in [5.41, 5.74) is 10.6. The van der Waals surface area contributed by atoms with E-state index in [1.165, 1.54) is 19.3 Å². The van der Waals surface area contributed by atoms with E-state index in [-0.39, 0.29) is 5.96 Å². The van der Waals surface area contributed by atoms with Crippen molar-refractivity contribution in [3.8, 4) is 0 Å². The van der Waals surface area contributed by atoms with Gasteiger partial charge in [0.05, 0.1) is 0 Å². The van der Waals surface area contributed by atoms with Crippen LogP contribution in [-0.2, 0) is 4.79 Å². The van der Waals surface area contributed by atoms with Crippen LogP contribution in [0.1, 0.15) is 45.4 Å². The zero-order valence-electron chi connectivity index (χ0n) is 11.7. The number of carboxylic acids is 1. The van der Waals surface area contributed by atoms with Gasteiger partial charge in [-0.1, -0.05) is 19.3 Å². The SMILES string of the molecule is C[C@@H](C(=O)O)N(CCCN=C(N)N)C1CCCCC1. The predicted octanol–water partition coefficient (Wildman–Crippen LogP) is 0.758. The van der Waals surface area contributed by atoms with E-state index in [4.69, 9.17) is 11.5 Å². The third-order valence-electron chi connectivity index (χ3n) is 3.77. The van der Waals surface area contributed by atoms with Gasteiger partial charge in [0.1, 0.15) is 6.04 Å².